The van der Waals surface area contributed by atoms with E-state index in [1.165, 1.54) is 18.6 Å². The average molecular weight is 382 g/mol. The summed E-state index contributed by atoms with van der Waals surface area (Å²) in [5.41, 5.74) is 2.54. The van der Waals surface area contributed by atoms with E-state index in [9.17, 15) is 14.0 Å². The van der Waals surface area contributed by atoms with Crippen LogP contribution in [-0.4, -0.2) is 18.4 Å². The standard InChI is InChI=1S/C23H27FN2O2/c24-21-12-8-17(9-13-21)14-15-25-22(27)20-10-6-18(7-11-20)16-26-23(28)19-4-2-1-3-5-19/h6-13,19H,1-5,14-16H2,(H,25,27)(H,26,28). The number of hydrogen-bond acceptors (Lipinski definition) is 2. The molecule has 5 heteroatoms. The first-order chi connectivity index (χ1) is 13.6. The number of amides is 2. The van der Waals surface area contributed by atoms with Crippen molar-refractivity contribution in [1.29, 1.82) is 0 Å². The van der Waals surface area contributed by atoms with E-state index >= 15 is 0 Å². The zero-order valence-electron chi connectivity index (χ0n) is 16.0. The summed E-state index contributed by atoms with van der Waals surface area (Å²) in [6, 6.07) is 13.6. The number of carbonyl (C=O) groups excluding carboxylic acids is 2. The zero-order chi connectivity index (χ0) is 19.8. The van der Waals surface area contributed by atoms with Gasteiger partial charge in [0.05, 0.1) is 0 Å². The third-order valence-corrected chi connectivity index (χ3v) is 5.27. The van der Waals surface area contributed by atoms with Gasteiger partial charge >= 0.3 is 0 Å². The molecule has 0 heterocycles. The topological polar surface area (TPSA) is 58.2 Å². The second-order valence-electron chi connectivity index (χ2n) is 7.38. The lowest BCUT2D eigenvalue weighted by Gasteiger charge is -2.20. The largest absolute Gasteiger partial charge is 0.352 e. The van der Waals surface area contributed by atoms with Crippen molar-refractivity contribution < 1.29 is 14.0 Å². The molecule has 2 N–H and O–H groups in total. The summed E-state index contributed by atoms with van der Waals surface area (Å²) in [7, 11) is 0. The van der Waals surface area contributed by atoms with Crippen LogP contribution in [-0.2, 0) is 17.8 Å². The predicted molar refractivity (Wildman–Crippen MR) is 107 cm³/mol. The van der Waals surface area contributed by atoms with E-state index in [-0.39, 0.29) is 23.5 Å². The molecule has 0 aliphatic heterocycles. The van der Waals surface area contributed by atoms with Crippen molar-refractivity contribution in [2.24, 2.45) is 5.92 Å². The van der Waals surface area contributed by atoms with Gasteiger partial charge in [0.25, 0.3) is 5.91 Å². The molecule has 0 bridgehead atoms. The van der Waals surface area contributed by atoms with E-state index in [0.717, 1.165) is 36.8 Å². The summed E-state index contributed by atoms with van der Waals surface area (Å²) in [4.78, 5) is 24.4. The van der Waals surface area contributed by atoms with Gasteiger partial charge in [0.1, 0.15) is 5.82 Å². The second-order valence-corrected chi connectivity index (χ2v) is 7.38. The fraction of sp³-hybridized carbons (Fsp3) is 0.391. The van der Waals surface area contributed by atoms with Gasteiger partial charge < -0.3 is 10.6 Å². The quantitative estimate of drug-likeness (QED) is 0.761. The van der Waals surface area contributed by atoms with Crippen LogP contribution in [0.5, 0.6) is 0 Å². The second kappa shape index (κ2) is 10.0. The van der Waals surface area contributed by atoms with Crippen LogP contribution < -0.4 is 10.6 Å². The van der Waals surface area contributed by atoms with Crippen molar-refractivity contribution in [3.05, 3.63) is 71.0 Å². The number of benzene rings is 2. The lowest BCUT2D eigenvalue weighted by Crippen LogP contribution is -2.31. The minimum Gasteiger partial charge on any atom is -0.352 e. The van der Waals surface area contributed by atoms with Gasteiger partial charge in [-0.25, -0.2) is 4.39 Å². The average Bonchev–Trinajstić information content (AvgIpc) is 2.74. The van der Waals surface area contributed by atoms with Crippen LogP contribution in [0.25, 0.3) is 0 Å². The highest BCUT2D eigenvalue weighted by Gasteiger charge is 2.20. The smallest absolute Gasteiger partial charge is 0.251 e. The summed E-state index contributed by atoms with van der Waals surface area (Å²) < 4.78 is 12.9. The Morgan fingerprint density at radius 1 is 0.857 bits per heavy atom. The Bertz CT molecular complexity index is 781. The molecule has 0 spiro atoms. The highest BCUT2D eigenvalue weighted by Crippen LogP contribution is 2.23. The summed E-state index contributed by atoms with van der Waals surface area (Å²) in [6.45, 7) is 0.978. The highest BCUT2D eigenvalue weighted by atomic mass is 19.1. The number of hydrogen-bond donors (Lipinski definition) is 2. The highest BCUT2D eigenvalue weighted by molar-refractivity contribution is 5.94. The number of carbonyl (C=O) groups is 2. The molecule has 2 aromatic rings. The Hall–Kier alpha value is -2.69. The van der Waals surface area contributed by atoms with Crippen molar-refractivity contribution in [3.63, 3.8) is 0 Å². The van der Waals surface area contributed by atoms with Gasteiger partial charge in [0, 0.05) is 24.6 Å². The first-order valence-electron chi connectivity index (χ1n) is 10.0. The Kier molecular flexibility index (Phi) is 7.18. The summed E-state index contributed by atoms with van der Waals surface area (Å²) >= 11 is 0. The lowest BCUT2D eigenvalue weighted by atomic mass is 9.88. The maximum Gasteiger partial charge on any atom is 0.251 e. The van der Waals surface area contributed by atoms with E-state index in [2.05, 4.69) is 10.6 Å². The van der Waals surface area contributed by atoms with Gasteiger partial charge in [-0.2, -0.15) is 0 Å². The van der Waals surface area contributed by atoms with Gasteiger partial charge in [0.2, 0.25) is 5.91 Å². The lowest BCUT2D eigenvalue weighted by molar-refractivity contribution is -0.126. The van der Waals surface area contributed by atoms with Crippen LogP contribution in [0.3, 0.4) is 0 Å². The third kappa shape index (κ3) is 5.91. The number of halogens is 1. The fourth-order valence-electron chi connectivity index (χ4n) is 3.55. The van der Waals surface area contributed by atoms with Crippen LogP contribution in [0.2, 0.25) is 0 Å². The predicted octanol–water partition coefficient (Wildman–Crippen LogP) is 3.99. The van der Waals surface area contributed by atoms with Crippen molar-refractivity contribution >= 4 is 11.8 Å². The van der Waals surface area contributed by atoms with E-state index in [1.807, 2.05) is 12.1 Å². The molecule has 0 radical (unpaired) electrons. The summed E-state index contributed by atoms with van der Waals surface area (Å²) in [5.74, 6) is -0.107. The van der Waals surface area contributed by atoms with Crippen LogP contribution in [0.4, 0.5) is 4.39 Å². The van der Waals surface area contributed by atoms with E-state index in [1.54, 1.807) is 24.3 Å². The van der Waals surface area contributed by atoms with Gasteiger partial charge in [-0.05, 0) is 54.7 Å². The van der Waals surface area contributed by atoms with Gasteiger partial charge in [-0.1, -0.05) is 43.5 Å². The summed E-state index contributed by atoms with van der Waals surface area (Å²) in [5, 5.41) is 5.88. The molecule has 0 unspecified atom stereocenters. The molecule has 1 fully saturated rings. The molecule has 4 nitrogen and oxygen atoms in total. The molecular formula is C23H27FN2O2. The molecule has 28 heavy (non-hydrogen) atoms. The van der Waals surface area contributed by atoms with Gasteiger partial charge in [-0.15, -0.1) is 0 Å². The maximum absolute atomic E-state index is 12.9. The summed E-state index contributed by atoms with van der Waals surface area (Å²) in [6.07, 6.45) is 6.15. The molecule has 148 valence electrons. The molecule has 0 aromatic heterocycles. The Morgan fingerprint density at radius 3 is 2.18 bits per heavy atom. The molecule has 1 saturated carbocycles. The van der Waals surface area contributed by atoms with Crippen LogP contribution in [0.15, 0.2) is 48.5 Å². The third-order valence-electron chi connectivity index (χ3n) is 5.27. The number of nitrogens with one attached hydrogen (secondary N) is 2. The minimum atomic E-state index is -0.261. The molecule has 3 rings (SSSR count). The van der Waals surface area contributed by atoms with Crippen molar-refractivity contribution in [3.8, 4) is 0 Å². The van der Waals surface area contributed by atoms with Gasteiger partial charge in [-0.3, -0.25) is 9.59 Å². The molecule has 0 atom stereocenters. The molecular weight excluding hydrogens is 355 g/mol. The van der Waals surface area contributed by atoms with Crippen LogP contribution in [0.1, 0.15) is 53.6 Å². The van der Waals surface area contributed by atoms with Crippen molar-refractivity contribution in [2.45, 2.75) is 45.1 Å². The van der Waals surface area contributed by atoms with Crippen LogP contribution in [0, 0.1) is 11.7 Å². The Labute approximate surface area is 165 Å². The first-order valence-corrected chi connectivity index (χ1v) is 10.0. The van der Waals surface area contributed by atoms with Gasteiger partial charge in [0.15, 0.2) is 0 Å². The minimum absolute atomic E-state index is 0.139. The first kappa shape index (κ1) is 20.1. The Balaban J connectivity index is 1.42. The number of rotatable bonds is 7. The molecule has 1 aliphatic carbocycles. The molecule has 2 aromatic carbocycles. The molecule has 2 amide bonds. The molecule has 0 saturated heterocycles. The normalized spacial score (nSPS) is 14.5. The van der Waals surface area contributed by atoms with Crippen LogP contribution >= 0.6 is 0 Å². The molecule has 1 aliphatic rings. The Morgan fingerprint density at radius 2 is 1.50 bits per heavy atom. The zero-order valence-corrected chi connectivity index (χ0v) is 16.0. The van der Waals surface area contributed by atoms with E-state index in [0.29, 0.717) is 25.1 Å². The SMILES string of the molecule is O=C(NCCc1ccc(F)cc1)c1ccc(CNC(=O)C2CCCCC2)cc1. The monoisotopic (exact) mass is 382 g/mol. The van der Waals surface area contributed by atoms with E-state index < -0.39 is 0 Å². The maximum atomic E-state index is 12.9. The van der Waals surface area contributed by atoms with Crippen molar-refractivity contribution in [1.82, 2.24) is 10.6 Å². The van der Waals surface area contributed by atoms with Crippen molar-refractivity contribution in [2.75, 3.05) is 6.54 Å². The van der Waals surface area contributed by atoms with E-state index in [4.69, 9.17) is 0 Å². The fourth-order valence-corrected chi connectivity index (χ4v) is 3.55.